The van der Waals surface area contributed by atoms with Gasteiger partial charge >= 0.3 is 6.03 Å². The fourth-order valence-electron chi connectivity index (χ4n) is 3.19. The quantitative estimate of drug-likeness (QED) is 0.917. The van der Waals surface area contributed by atoms with E-state index >= 15 is 0 Å². The third-order valence-electron chi connectivity index (χ3n) is 4.59. The lowest BCUT2D eigenvalue weighted by Crippen LogP contribution is -2.57. The Balaban J connectivity index is 1.64. The number of amides is 2. The molecule has 2 aromatic rings. The van der Waals surface area contributed by atoms with Gasteiger partial charge in [0.2, 0.25) is 0 Å². The lowest BCUT2D eigenvalue weighted by atomic mass is 9.99. The Morgan fingerprint density at radius 3 is 2.68 bits per heavy atom. The summed E-state index contributed by atoms with van der Waals surface area (Å²) in [6.45, 7) is 7.24. The normalized spacial score (nSPS) is 18.6. The molecule has 1 atom stereocenters. The molecule has 5 nitrogen and oxygen atoms in total. The van der Waals surface area contributed by atoms with E-state index in [4.69, 9.17) is 4.42 Å². The van der Waals surface area contributed by atoms with E-state index in [2.05, 4.69) is 24.1 Å². The highest BCUT2D eigenvalue weighted by Gasteiger charge is 2.32. The van der Waals surface area contributed by atoms with Gasteiger partial charge in [-0.3, -0.25) is 4.90 Å². The molecule has 1 aromatic carbocycles. The Morgan fingerprint density at radius 1 is 1.28 bits per heavy atom. The molecule has 3 rings (SSSR count). The van der Waals surface area contributed by atoms with Crippen LogP contribution in [0.5, 0.6) is 0 Å². The molecule has 0 unspecified atom stereocenters. The van der Waals surface area contributed by atoms with Gasteiger partial charge in [-0.2, -0.15) is 0 Å². The zero-order valence-corrected chi connectivity index (χ0v) is 14.6. The van der Waals surface area contributed by atoms with Gasteiger partial charge < -0.3 is 14.6 Å². The molecule has 1 aliphatic heterocycles. The number of nitrogens with one attached hydrogen (secondary N) is 1. The molecule has 0 bridgehead atoms. The highest BCUT2D eigenvalue weighted by Crippen LogP contribution is 2.20. The number of halogens is 1. The van der Waals surface area contributed by atoms with Crippen LogP contribution >= 0.6 is 0 Å². The summed E-state index contributed by atoms with van der Waals surface area (Å²) in [6, 6.07) is 9.68. The van der Waals surface area contributed by atoms with Crippen LogP contribution in [0.1, 0.15) is 19.6 Å². The number of anilines is 1. The van der Waals surface area contributed by atoms with Crippen molar-refractivity contribution in [2.24, 2.45) is 5.92 Å². The molecular formula is C19H24FN3O2. The average molecular weight is 345 g/mol. The lowest BCUT2D eigenvalue weighted by Gasteiger charge is -2.43. The van der Waals surface area contributed by atoms with Crippen molar-refractivity contribution in [1.82, 2.24) is 9.80 Å². The molecule has 1 fully saturated rings. The third-order valence-corrected chi connectivity index (χ3v) is 4.59. The number of benzene rings is 1. The first-order chi connectivity index (χ1) is 12.0. The highest BCUT2D eigenvalue weighted by molar-refractivity contribution is 5.89. The van der Waals surface area contributed by atoms with Crippen molar-refractivity contribution >= 4 is 11.7 Å². The van der Waals surface area contributed by atoms with Crippen molar-refractivity contribution in [3.05, 3.63) is 54.2 Å². The first-order valence-electron chi connectivity index (χ1n) is 8.61. The Bertz CT molecular complexity index is 685. The van der Waals surface area contributed by atoms with Crippen LogP contribution in [0.15, 0.2) is 47.1 Å². The summed E-state index contributed by atoms with van der Waals surface area (Å²) >= 11 is 0. The second-order valence-corrected chi connectivity index (χ2v) is 6.76. The minimum absolute atomic E-state index is 0.115. The molecule has 2 heterocycles. The van der Waals surface area contributed by atoms with Crippen LogP contribution in [-0.4, -0.2) is 41.5 Å². The number of carbonyl (C=O) groups excluding carboxylic acids is 1. The standard InChI is InChI=1S/C19H24FN3O2/c1-14(2)18-13-22(12-17-4-3-11-25-17)9-10-23(18)19(24)21-16-7-5-15(20)6-8-16/h3-8,11,14,18H,9-10,12-13H2,1-2H3,(H,21,24)/t18-/m1/s1. The van der Waals surface area contributed by atoms with Crippen molar-refractivity contribution in [3.63, 3.8) is 0 Å². The summed E-state index contributed by atoms with van der Waals surface area (Å²) in [6.07, 6.45) is 1.68. The summed E-state index contributed by atoms with van der Waals surface area (Å²) in [5.74, 6) is 0.953. The van der Waals surface area contributed by atoms with E-state index < -0.39 is 0 Å². The Morgan fingerprint density at radius 2 is 2.04 bits per heavy atom. The lowest BCUT2D eigenvalue weighted by molar-refractivity contribution is 0.0701. The van der Waals surface area contributed by atoms with Gasteiger partial charge in [-0.15, -0.1) is 0 Å². The molecule has 1 N–H and O–H groups in total. The van der Waals surface area contributed by atoms with Crippen LogP contribution in [0.4, 0.5) is 14.9 Å². The maximum atomic E-state index is 13.0. The van der Waals surface area contributed by atoms with Crippen LogP contribution < -0.4 is 5.32 Å². The molecule has 25 heavy (non-hydrogen) atoms. The van der Waals surface area contributed by atoms with E-state index in [9.17, 15) is 9.18 Å². The van der Waals surface area contributed by atoms with E-state index in [-0.39, 0.29) is 17.9 Å². The van der Waals surface area contributed by atoms with Gasteiger partial charge in [-0.05, 0) is 42.3 Å². The molecule has 1 saturated heterocycles. The minimum atomic E-state index is -0.315. The maximum absolute atomic E-state index is 13.0. The molecular weight excluding hydrogens is 321 g/mol. The first kappa shape index (κ1) is 17.5. The number of hydrogen-bond donors (Lipinski definition) is 1. The Kier molecular flexibility index (Phi) is 5.38. The van der Waals surface area contributed by atoms with Crippen molar-refractivity contribution in [1.29, 1.82) is 0 Å². The van der Waals surface area contributed by atoms with Gasteiger partial charge in [-0.1, -0.05) is 13.8 Å². The van der Waals surface area contributed by atoms with Crippen molar-refractivity contribution < 1.29 is 13.6 Å². The minimum Gasteiger partial charge on any atom is -0.468 e. The fraction of sp³-hybridized carbons (Fsp3) is 0.421. The molecule has 6 heteroatoms. The predicted molar refractivity (Wildman–Crippen MR) is 94.7 cm³/mol. The van der Waals surface area contributed by atoms with E-state index in [1.807, 2.05) is 17.0 Å². The molecule has 0 aliphatic carbocycles. The van der Waals surface area contributed by atoms with Gasteiger partial charge in [0.15, 0.2) is 0 Å². The zero-order chi connectivity index (χ0) is 17.8. The van der Waals surface area contributed by atoms with Gasteiger partial charge in [0.1, 0.15) is 11.6 Å². The molecule has 134 valence electrons. The first-order valence-corrected chi connectivity index (χ1v) is 8.61. The summed E-state index contributed by atoms with van der Waals surface area (Å²) in [5, 5.41) is 2.87. The van der Waals surface area contributed by atoms with Crippen molar-refractivity contribution in [2.45, 2.75) is 26.4 Å². The number of furan rings is 1. The van der Waals surface area contributed by atoms with Gasteiger partial charge in [0, 0.05) is 31.4 Å². The zero-order valence-electron chi connectivity index (χ0n) is 14.6. The van der Waals surface area contributed by atoms with Gasteiger partial charge in [0.25, 0.3) is 0 Å². The number of carbonyl (C=O) groups is 1. The number of hydrogen-bond acceptors (Lipinski definition) is 3. The second-order valence-electron chi connectivity index (χ2n) is 6.76. The molecule has 1 aromatic heterocycles. The monoisotopic (exact) mass is 345 g/mol. The van der Waals surface area contributed by atoms with Crippen LogP contribution in [0.25, 0.3) is 0 Å². The van der Waals surface area contributed by atoms with Crippen LogP contribution in [-0.2, 0) is 6.54 Å². The van der Waals surface area contributed by atoms with Crippen molar-refractivity contribution in [2.75, 3.05) is 25.0 Å². The van der Waals surface area contributed by atoms with E-state index in [1.165, 1.54) is 12.1 Å². The van der Waals surface area contributed by atoms with Gasteiger partial charge in [0.05, 0.1) is 12.8 Å². The molecule has 0 radical (unpaired) electrons. The number of piperazine rings is 1. The van der Waals surface area contributed by atoms with E-state index in [1.54, 1.807) is 18.4 Å². The number of urea groups is 1. The third kappa shape index (κ3) is 4.39. The van der Waals surface area contributed by atoms with Crippen LogP contribution in [0.2, 0.25) is 0 Å². The SMILES string of the molecule is CC(C)[C@H]1CN(Cc2ccco2)CCN1C(=O)Nc1ccc(F)cc1. The largest absolute Gasteiger partial charge is 0.468 e. The molecule has 0 spiro atoms. The van der Waals surface area contributed by atoms with E-state index in [0.29, 0.717) is 18.2 Å². The topological polar surface area (TPSA) is 48.7 Å². The second kappa shape index (κ2) is 7.70. The van der Waals surface area contributed by atoms with Crippen LogP contribution in [0, 0.1) is 11.7 Å². The van der Waals surface area contributed by atoms with Crippen LogP contribution in [0.3, 0.4) is 0 Å². The summed E-state index contributed by atoms with van der Waals surface area (Å²) < 4.78 is 18.4. The Hall–Kier alpha value is -2.34. The van der Waals surface area contributed by atoms with Gasteiger partial charge in [-0.25, -0.2) is 9.18 Å². The molecule has 1 aliphatic rings. The fourth-order valence-corrected chi connectivity index (χ4v) is 3.19. The number of nitrogens with zero attached hydrogens (tertiary/aromatic N) is 2. The highest BCUT2D eigenvalue weighted by atomic mass is 19.1. The Labute approximate surface area is 147 Å². The molecule has 2 amide bonds. The molecule has 0 saturated carbocycles. The maximum Gasteiger partial charge on any atom is 0.322 e. The summed E-state index contributed by atoms with van der Waals surface area (Å²) in [5.41, 5.74) is 0.604. The summed E-state index contributed by atoms with van der Waals surface area (Å²) in [7, 11) is 0. The van der Waals surface area contributed by atoms with Crippen molar-refractivity contribution in [3.8, 4) is 0 Å². The smallest absolute Gasteiger partial charge is 0.322 e. The van der Waals surface area contributed by atoms with E-state index in [0.717, 1.165) is 25.4 Å². The number of rotatable bonds is 4. The predicted octanol–water partition coefficient (Wildman–Crippen LogP) is 3.79. The average Bonchev–Trinajstić information content (AvgIpc) is 3.09. The summed E-state index contributed by atoms with van der Waals surface area (Å²) in [4.78, 5) is 16.9.